The van der Waals surface area contributed by atoms with E-state index in [9.17, 15) is 13.2 Å². The van der Waals surface area contributed by atoms with Gasteiger partial charge in [0.25, 0.3) is 5.91 Å². The third-order valence-electron chi connectivity index (χ3n) is 6.77. The molecule has 1 saturated heterocycles. The number of amides is 1. The molecule has 10 heteroatoms. The third kappa shape index (κ3) is 5.72. The van der Waals surface area contributed by atoms with Gasteiger partial charge in [0.2, 0.25) is 0 Å². The number of carbonyl (C=O) groups is 1. The van der Waals surface area contributed by atoms with Crippen LogP contribution in [0.3, 0.4) is 0 Å². The van der Waals surface area contributed by atoms with E-state index in [0.717, 1.165) is 55.8 Å². The molecule has 2 atom stereocenters. The normalized spacial score (nSPS) is 20.5. The van der Waals surface area contributed by atoms with Gasteiger partial charge in [-0.3, -0.25) is 14.9 Å². The second-order valence-electron chi connectivity index (χ2n) is 9.28. The highest BCUT2D eigenvalue weighted by atomic mass is 32.2. The molecule has 0 bridgehead atoms. The van der Waals surface area contributed by atoms with Crippen LogP contribution in [0.1, 0.15) is 30.9 Å². The van der Waals surface area contributed by atoms with Gasteiger partial charge in [-0.25, -0.2) is 13.9 Å². The number of morpholine rings is 1. The summed E-state index contributed by atoms with van der Waals surface area (Å²) < 4.78 is 28.0. The Morgan fingerprint density at radius 2 is 1.66 bits per heavy atom. The standard InChI is InChI=1S/C25H31N3O6S/c1-25(24(29)26-30,35(2,31)32)16-22-15-23(27-34-22)21-9-7-20(8-10-21)19-5-3-18(4-6-19)17-28-11-13-33-14-12-28/h3-10,22,30H,11-17H2,1-2H3,(H,26,29)/t22-,25-/m1/s1. The zero-order valence-corrected chi connectivity index (χ0v) is 20.8. The Hall–Kier alpha value is -2.79. The predicted molar refractivity (Wildman–Crippen MR) is 132 cm³/mol. The number of hydrogen-bond acceptors (Lipinski definition) is 8. The summed E-state index contributed by atoms with van der Waals surface area (Å²) in [6, 6.07) is 16.5. The van der Waals surface area contributed by atoms with Crippen LogP contribution in [0.25, 0.3) is 11.1 Å². The SMILES string of the molecule is C[C@@](C[C@H]1CC(c2ccc(-c3ccc(CN4CCOCC4)cc3)cc2)=NO1)(C(=O)NO)S(C)(=O)=O. The Morgan fingerprint density at radius 3 is 2.23 bits per heavy atom. The van der Waals surface area contributed by atoms with Gasteiger partial charge in [0, 0.05) is 38.7 Å². The zero-order valence-electron chi connectivity index (χ0n) is 19.9. The fourth-order valence-electron chi connectivity index (χ4n) is 4.35. The number of rotatable bonds is 8. The first kappa shape index (κ1) is 25.3. The molecule has 35 heavy (non-hydrogen) atoms. The highest BCUT2D eigenvalue weighted by molar-refractivity contribution is 7.92. The lowest BCUT2D eigenvalue weighted by atomic mass is 9.95. The van der Waals surface area contributed by atoms with E-state index in [1.807, 2.05) is 24.3 Å². The minimum Gasteiger partial charge on any atom is -0.392 e. The maximum atomic E-state index is 12.2. The topological polar surface area (TPSA) is 118 Å². The van der Waals surface area contributed by atoms with Crippen LogP contribution in [-0.4, -0.2) is 73.6 Å². The lowest BCUT2D eigenvalue weighted by Gasteiger charge is -2.26. The molecule has 2 aliphatic heterocycles. The molecule has 188 valence electrons. The van der Waals surface area contributed by atoms with E-state index >= 15 is 0 Å². The Bertz CT molecular complexity index is 1170. The van der Waals surface area contributed by atoms with Crippen molar-refractivity contribution in [2.24, 2.45) is 5.16 Å². The number of sulfone groups is 1. The number of oxime groups is 1. The molecule has 2 aromatic carbocycles. The molecule has 0 aliphatic carbocycles. The van der Waals surface area contributed by atoms with Gasteiger partial charge in [0.1, 0.15) is 6.10 Å². The first-order valence-electron chi connectivity index (χ1n) is 11.6. The molecule has 0 saturated carbocycles. The van der Waals surface area contributed by atoms with Crippen molar-refractivity contribution in [1.82, 2.24) is 10.4 Å². The van der Waals surface area contributed by atoms with Crippen LogP contribution >= 0.6 is 0 Å². The first-order chi connectivity index (χ1) is 16.7. The fourth-order valence-corrected chi connectivity index (χ4v) is 5.22. The summed E-state index contributed by atoms with van der Waals surface area (Å²) in [6.45, 7) is 5.69. The maximum Gasteiger partial charge on any atom is 0.264 e. The summed E-state index contributed by atoms with van der Waals surface area (Å²) in [5.41, 5.74) is 6.47. The number of hydrogen-bond donors (Lipinski definition) is 2. The first-order valence-corrected chi connectivity index (χ1v) is 13.5. The minimum absolute atomic E-state index is 0.125. The second-order valence-corrected chi connectivity index (χ2v) is 11.7. The maximum absolute atomic E-state index is 12.2. The molecule has 0 unspecified atom stereocenters. The summed E-state index contributed by atoms with van der Waals surface area (Å²) in [4.78, 5) is 19.9. The van der Waals surface area contributed by atoms with Crippen molar-refractivity contribution in [3.63, 3.8) is 0 Å². The Balaban J connectivity index is 1.38. The van der Waals surface area contributed by atoms with Crippen molar-refractivity contribution < 1.29 is 28.0 Å². The highest BCUT2D eigenvalue weighted by Crippen LogP contribution is 2.30. The van der Waals surface area contributed by atoms with E-state index in [2.05, 4.69) is 34.3 Å². The Kier molecular flexibility index (Phi) is 7.56. The summed E-state index contributed by atoms with van der Waals surface area (Å²) in [5, 5.41) is 13.1. The number of ether oxygens (including phenoxy) is 1. The van der Waals surface area contributed by atoms with Gasteiger partial charge in [-0.05, 0) is 29.2 Å². The molecule has 0 aromatic heterocycles. The highest BCUT2D eigenvalue weighted by Gasteiger charge is 2.47. The van der Waals surface area contributed by atoms with Crippen molar-refractivity contribution in [1.29, 1.82) is 0 Å². The number of hydroxylamine groups is 1. The average molecular weight is 502 g/mol. The number of carbonyl (C=O) groups excluding carboxylic acids is 1. The summed E-state index contributed by atoms with van der Waals surface area (Å²) in [5.74, 6) is -0.989. The second kappa shape index (κ2) is 10.4. The molecule has 9 nitrogen and oxygen atoms in total. The van der Waals surface area contributed by atoms with Gasteiger partial charge >= 0.3 is 0 Å². The van der Waals surface area contributed by atoms with Crippen molar-refractivity contribution in [3.8, 4) is 11.1 Å². The molecule has 2 aromatic rings. The van der Waals surface area contributed by atoms with E-state index in [-0.39, 0.29) is 6.42 Å². The van der Waals surface area contributed by atoms with Crippen molar-refractivity contribution in [3.05, 3.63) is 59.7 Å². The molecule has 2 N–H and O–H groups in total. The fraction of sp³-hybridized carbons (Fsp3) is 0.440. The molecular weight excluding hydrogens is 470 g/mol. The predicted octanol–water partition coefficient (Wildman–Crippen LogP) is 2.38. The van der Waals surface area contributed by atoms with E-state index < -0.39 is 26.6 Å². The van der Waals surface area contributed by atoms with Crippen LogP contribution in [0.5, 0.6) is 0 Å². The van der Waals surface area contributed by atoms with Gasteiger partial charge in [0.15, 0.2) is 14.6 Å². The molecule has 0 radical (unpaired) electrons. The van der Waals surface area contributed by atoms with Gasteiger partial charge in [-0.1, -0.05) is 53.7 Å². The Morgan fingerprint density at radius 1 is 1.09 bits per heavy atom. The molecule has 0 spiro atoms. The lowest BCUT2D eigenvalue weighted by Crippen LogP contribution is -2.51. The third-order valence-corrected chi connectivity index (χ3v) is 8.75. The van der Waals surface area contributed by atoms with Crippen LogP contribution in [-0.2, 0) is 30.8 Å². The number of nitrogens with zero attached hydrogens (tertiary/aromatic N) is 2. The Labute approximate surface area is 205 Å². The van der Waals surface area contributed by atoms with Gasteiger partial charge in [0.05, 0.1) is 18.9 Å². The van der Waals surface area contributed by atoms with Crippen LogP contribution in [0, 0.1) is 0 Å². The van der Waals surface area contributed by atoms with E-state index in [1.54, 1.807) is 0 Å². The quantitative estimate of drug-likeness (QED) is 0.421. The van der Waals surface area contributed by atoms with Crippen LogP contribution < -0.4 is 5.48 Å². The molecule has 2 aliphatic rings. The van der Waals surface area contributed by atoms with Gasteiger partial charge < -0.3 is 9.57 Å². The van der Waals surface area contributed by atoms with Crippen LogP contribution in [0.4, 0.5) is 0 Å². The molecule has 2 heterocycles. The summed E-state index contributed by atoms with van der Waals surface area (Å²) >= 11 is 0. The summed E-state index contributed by atoms with van der Waals surface area (Å²) in [7, 11) is -3.80. The van der Waals surface area contributed by atoms with Gasteiger partial charge in [-0.15, -0.1) is 0 Å². The van der Waals surface area contributed by atoms with E-state index in [1.165, 1.54) is 18.0 Å². The molecule has 1 fully saturated rings. The van der Waals surface area contributed by atoms with Crippen LogP contribution in [0.15, 0.2) is 53.7 Å². The largest absolute Gasteiger partial charge is 0.392 e. The van der Waals surface area contributed by atoms with Gasteiger partial charge in [-0.2, -0.15) is 0 Å². The van der Waals surface area contributed by atoms with Crippen LogP contribution in [0.2, 0.25) is 0 Å². The lowest BCUT2D eigenvalue weighted by molar-refractivity contribution is -0.132. The molecule has 4 rings (SSSR count). The monoisotopic (exact) mass is 501 g/mol. The molecular formula is C25H31N3O6S. The van der Waals surface area contributed by atoms with E-state index in [0.29, 0.717) is 12.1 Å². The summed E-state index contributed by atoms with van der Waals surface area (Å²) in [6.07, 6.45) is 0.604. The van der Waals surface area contributed by atoms with Crippen molar-refractivity contribution in [2.45, 2.75) is 37.2 Å². The average Bonchev–Trinajstić information content (AvgIpc) is 3.32. The molecule has 1 amide bonds. The number of benzene rings is 2. The minimum atomic E-state index is -3.80. The number of nitrogens with one attached hydrogen (secondary N) is 1. The van der Waals surface area contributed by atoms with Crippen molar-refractivity contribution in [2.75, 3.05) is 32.6 Å². The van der Waals surface area contributed by atoms with Crippen molar-refractivity contribution >= 4 is 21.5 Å². The van der Waals surface area contributed by atoms with E-state index in [4.69, 9.17) is 14.8 Å². The zero-order chi connectivity index (χ0) is 25.1. The smallest absolute Gasteiger partial charge is 0.264 e.